The van der Waals surface area contributed by atoms with E-state index in [-0.39, 0.29) is 6.61 Å². The van der Waals surface area contributed by atoms with Gasteiger partial charge in [-0.2, -0.15) is 0 Å². The third-order valence-electron chi connectivity index (χ3n) is 7.32. The molecule has 10 nitrogen and oxygen atoms in total. The van der Waals surface area contributed by atoms with E-state index in [4.69, 9.17) is 42.8 Å². The number of allylic oxidation sites excluding steroid dienone is 1. The van der Waals surface area contributed by atoms with Crippen molar-refractivity contribution in [2.75, 3.05) is 33.9 Å². The van der Waals surface area contributed by atoms with E-state index in [1.54, 1.807) is 26.6 Å². The Morgan fingerprint density at radius 2 is 1.39 bits per heavy atom. The van der Waals surface area contributed by atoms with Crippen LogP contribution < -0.4 is 25.4 Å². The first-order chi connectivity index (χ1) is 21.4. The van der Waals surface area contributed by atoms with Crippen LogP contribution in [0.1, 0.15) is 24.2 Å². The van der Waals surface area contributed by atoms with Crippen molar-refractivity contribution in [1.29, 1.82) is 0 Å². The van der Waals surface area contributed by atoms with Crippen molar-refractivity contribution in [3.05, 3.63) is 82.5 Å². The minimum atomic E-state index is 0.0264. The summed E-state index contributed by atoms with van der Waals surface area (Å²) in [6.07, 6.45) is 5.42. The molecule has 1 aliphatic rings. The minimum absolute atomic E-state index is 0.0264. The highest BCUT2D eigenvalue weighted by atomic mass is 35.5. The number of hydrogen-bond donors (Lipinski definition) is 4. The molecule has 44 heavy (non-hydrogen) atoms. The van der Waals surface area contributed by atoms with Crippen molar-refractivity contribution in [2.45, 2.75) is 32.0 Å². The third kappa shape index (κ3) is 7.11. The van der Waals surface area contributed by atoms with Gasteiger partial charge in [-0.15, -0.1) is 0 Å². The maximum atomic E-state index is 9.04. The summed E-state index contributed by atoms with van der Waals surface area (Å²) in [6, 6.07) is 11.7. The number of aliphatic hydroxyl groups is 1. The Hall–Kier alpha value is -3.80. The number of nitrogens with zero attached hydrogens (tertiary/aromatic N) is 4. The summed E-state index contributed by atoms with van der Waals surface area (Å²) in [5.41, 5.74) is 6.41. The fourth-order valence-electron chi connectivity index (χ4n) is 5.08. The van der Waals surface area contributed by atoms with Crippen LogP contribution in [-0.2, 0) is 13.1 Å². The van der Waals surface area contributed by atoms with E-state index in [0.29, 0.717) is 81.4 Å². The van der Waals surface area contributed by atoms with Crippen molar-refractivity contribution in [3.63, 3.8) is 0 Å². The zero-order chi connectivity index (χ0) is 31.1. The Morgan fingerprint density at radius 3 is 1.86 bits per heavy atom. The van der Waals surface area contributed by atoms with Crippen molar-refractivity contribution < 1.29 is 14.6 Å². The Balaban J connectivity index is 1.40. The van der Waals surface area contributed by atoms with Crippen molar-refractivity contribution in [3.8, 4) is 45.4 Å². The fraction of sp³-hybridized carbons (Fsp3) is 0.312. The van der Waals surface area contributed by atoms with Crippen molar-refractivity contribution in [1.82, 2.24) is 35.9 Å². The molecule has 0 radical (unpaired) electrons. The van der Waals surface area contributed by atoms with Gasteiger partial charge in [0.1, 0.15) is 11.4 Å². The molecule has 4 aromatic rings. The van der Waals surface area contributed by atoms with Crippen molar-refractivity contribution >= 4 is 23.2 Å². The van der Waals surface area contributed by atoms with Crippen LogP contribution >= 0.6 is 23.2 Å². The van der Waals surface area contributed by atoms with Gasteiger partial charge in [-0.3, -0.25) is 9.97 Å². The van der Waals surface area contributed by atoms with Gasteiger partial charge in [0.2, 0.25) is 11.8 Å². The van der Waals surface area contributed by atoms with Gasteiger partial charge in [-0.05, 0) is 12.8 Å². The molecule has 0 unspecified atom stereocenters. The van der Waals surface area contributed by atoms with Gasteiger partial charge in [0.25, 0.3) is 0 Å². The lowest BCUT2D eigenvalue weighted by Crippen LogP contribution is -2.33. The Bertz CT molecular complexity index is 1640. The Kier molecular flexibility index (Phi) is 10.6. The largest absolute Gasteiger partial charge is 0.480 e. The van der Waals surface area contributed by atoms with Crippen LogP contribution in [0.4, 0.5) is 0 Å². The van der Waals surface area contributed by atoms with Crippen LogP contribution in [-0.4, -0.2) is 65.0 Å². The van der Waals surface area contributed by atoms with Gasteiger partial charge >= 0.3 is 0 Å². The molecule has 2 aromatic heterocycles. The van der Waals surface area contributed by atoms with Gasteiger partial charge in [-0.1, -0.05) is 66.2 Å². The van der Waals surface area contributed by atoms with Gasteiger partial charge < -0.3 is 30.5 Å². The standard InChI is InChI=1S/C32H35Cl2N7O3/c1-19-10-11-20(39-19)14-36-16-28-32(44-3)41-26(18-38-28)24-9-5-7-22(30(24)34)21-6-4-8-23(29(21)33)25-17-37-27(15-35-12-13-42)31(40-25)43-2/h4-9,17-18,20,35-36,39,42H,1,10-16H2,2-3H3/t20-/m0/s1. The lowest BCUT2D eigenvalue weighted by atomic mass is 9.98. The zero-order valence-corrected chi connectivity index (χ0v) is 26.2. The topological polar surface area (TPSA) is 126 Å². The van der Waals surface area contributed by atoms with E-state index in [2.05, 4.69) is 37.5 Å². The highest BCUT2D eigenvalue weighted by Gasteiger charge is 2.20. The highest BCUT2D eigenvalue weighted by Crippen LogP contribution is 2.42. The second-order valence-corrected chi connectivity index (χ2v) is 11.0. The molecule has 230 valence electrons. The van der Waals surface area contributed by atoms with E-state index >= 15 is 0 Å². The average molecular weight is 637 g/mol. The van der Waals surface area contributed by atoms with Gasteiger partial charge in [0, 0.05) is 60.2 Å². The fourth-order valence-corrected chi connectivity index (χ4v) is 5.73. The van der Waals surface area contributed by atoms with E-state index in [9.17, 15) is 0 Å². The van der Waals surface area contributed by atoms with Crippen LogP contribution in [0.25, 0.3) is 33.6 Å². The first kappa shape index (κ1) is 31.6. The van der Waals surface area contributed by atoms with Crippen LogP contribution in [0, 0.1) is 0 Å². The molecule has 1 aliphatic heterocycles. The lowest BCUT2D eigenvalue weighted by molar-refractivity contribution is 0.291. The van der Waals surface area contributed by atoms with Gasteiger partial charge in [0.15, 0.2) is 0 Å². The molecule has 3 heterocycles. The Morgan fingerprint density at radius 1 is 0.864 bits per heavy atom. The number of hydrogen-bond acceptors (Lipinski definition) is 10. The lowest BCUT2D eigenvalue weighted by Gasteiger charge is -2.15. The first-order valence-corrected chi connectivity index (χ1v) is 15.0. The molecular weight excluding hydrogens is 601 g/mol. The van der Waals surface area contributed by atoms with Crippen molar-refractivity contribution in [2.24, 2.45) is 0 Å². The predicted molar refractivity (Wildman–Crippen MR) is 173 cm³/mol. The number of benzene rings is 2. The Labute approximate surface area is 266 Å². The normalized spacial score (nSPS) is 14.5. The summed E-state index contributed by atoms with van der Waals surface area (Å²) in [4.78, 5) is 18.6. The SMILES string of the molecule is C=C1CC[C@@H](CNCc2ncc(-c3cccc(-c4cccc(-c5cnc(CNCCO)c(OC)n5)c4Cl)c3Cl)nc2OC)N1. The number of ether oxygens (including phenoxy) is 2. The molecule has 0 amide bonds. The quantitative estimate of drug-likeness (QED) is 0.149. The molecule has 0 spiro atoms. The number of rotatable bonds is 13. The number of aromatic nitrogens is 4. The summed E-state index contributed by atoms with van der Waals surface area (Å²) < 4.78 is 11.1. The second-order valence-electron chi connectivity index (χ2n) is 10.3. The average Bonchev–Trinajstić information content (AvgIpc) is 3.46. The second kappa shape index (κ2) is 14.8. The summed E-state index contributed by atoms with van der Waals surface area (Å²) in [5, 5.41) is 19.9. The minimum Gasteiger partial charge on any atom is -0.480 e. The molecule has 1 fully saturated rings. The molecular formula is C32H35Cl2N7O3. The molecule has 5 rings (SSSR count). The molecule has 12 heteroatoms. The molecule has 1 atom stereocenters. The molecule has 2 aromatic carbocycles. The molecule has 4 N–H and O–H groups in total. The van der Waals surface area contributed by atoms with Crippen LogP contribution in [0.3, 0.4) is 0 Å². The number of aliphatic hydroxyl groups excluding tert-OH is 1. The number of nitrogens with one attached hydrogen (secondary N) is 3. The van der Waals surface area contributed by atoms with Crippen LogP contribution in [0.15, 0.2) is 61.1 Å². The zero-order valence-electron chi connectivity index (χ0n) is 24.7. The predicted octanol–water partition coefficient (Wildman–Crippen LogP) is 5.03. The monoisotopic (exact) mass is 635 g/mol. The third-order valence-corrected chi connectivity index (χ3v) is 8.13. The maximum absolute atomic E-state index is 9.04. The maximum Gasteiger partial charge on any atom is 0.237 e. The molecule has 0 bridgehead atoms. The molecule has 0 aliphatic carbocycles. The smallest absolute Gasteiger partial charge is 0.237 e. The summed E-state index contributed by atoms with van der Waals surface area (Å²) in [5.74, 6) is 0.810. The first-order valence-electron chi connectivity index (χ1n) is 14.3. The molecule has 0 saturated carbocycles. The summed E-state index contributed by atoms with van der Waals surface area (Å²) in [6.45, 7) is 6.18. The molecule has 1 saturated heterocycles. The highest BCUT2D eigenvalue weighted by molar-refractivity contribution is 6.39. The van der Waals surface area contributed by atoms with Gasteiger partial charge in [0.05, 0.1) is 54.7 Å². The van der Waals surface area contributed by atoms with E-state index < -0.39 is 0 Å². The van der Waals surface area contributed by atoms with E-state index in [1.165, 1.54) is 0 Å². The number of halogens is 2. The van der Waals surface area contributed by atoms with Crippen LogP contribution in [0.2, 0.25) is 10.0 Å². The summed E-state index contributed by atoms with van der Waals surface area (Å²) in [7, 11) is 3.12. The van der Waals surface area contributed by atoms with E-state index in [0.717, 1.165) is 36.2 Å². The summed E-state index contributed by atoms with van der Waals surface area (Å²) >= 11 is 14.0. The number of methoxy groups -OCH3 is 2. The van der Waals surface area contributed by atoms with E-state index in [1.807, 2.05) is 36.4 Å². The van der Waals surface area contributed by atoms with Crippen LogP contribution in [0.5, 0.6) is 11.8 Å². The van der Waals surface area contributed by atoms with Gasteiger partial charge in [-0.25, -0.2) is 9.97 Å².